The average molecular weight is 268 g/mol. The van der Waals surface area contributed by atoms with Gasteiger partial charge >= 0.3 is 0 Å². The van der Waals surface area contributed by atoms with E-state index >= 15 is 0 Å². The highest BCUT2D eigenvalue weighted by Gasteiger charge is 2.20. The molecule has 0 radical (unpaired) electrons. The van der Waals surface area contributed by atoms with Crippen molar-refractivity contribution in [3.05, 3.63) is 60.2 Å². The number of para-hydroxylation sites is 1. The van der Waals surface area contributed by atoms with Crippen LogP contribution in [-0.2, 0) is 4.84 Å². The van der Waals surface area contributed by atoms with Crippen molar-refractivity contribution < 1.29 is 9.57 Å². The Hall–Kier alpha value is -2.33. The molecule has 0 bridgehead atoms. The van der Waals surface area contributed by atoms with Crippen molar-refractivity contribution in [2.24, 2.45) is 10.9 Å². The first-order valence-electron chi connectivity index (χ1n) is 6.61. The number of hydrogen-bond donors (Lipinski definition) is 1. The lowest BCUT2D eigenvalue weighted by Crippen LogP contribution is -2.20. The summed E-state index contributed by atoms with van der Waals surface area (Å²) in [5, 5.41) is 4.07. The zero-order valence-corrected chi connectivity index (χ0v) is 11.0. The number of ether oxygens (including phenoxy) is 1. The summed E-state index contributed by atoms with van der Waals surface area (Å²) in [6.45, 7) is 0.488. The molecule has 2 N–H and O–H groups in total. The third-order valence-electron chi connectivity index (χ3n) is 3.16. The maximum absolute atomic E-state index is 5.75. The molecule has 2 aromatic carbocycles. The fourth-order valence-electron chi connectivity index (χ4n) is 2.07. The second kappa shape index (κ2) is 5.75. The van der Waals surface area contributed by atoms with Crippen LogP contribution < -0.4 is 10.5 Å². The molecule has 1 aliphatic rings. The van der Waals surface area contributed by atoms with E-state index in [1.165, 1.54) is 0 Å². The third-order valence-corrected chi connectivity index (χ3v) is 3.16. The third kappa shape index (κ3) is 2.81. The van der Waals surface area contributed by atoms with Gasteiger partial charge < -0.3 is 15.3 Å². The van der Waals surface area contributed by atoms with Crippen LogP contribution in [0.3, 0.4) is 0 Å². The lowest BCUT2D eigenvalue weighted by molar-refractivity contribution is 0.0918. The summed E-state index contributed by atoms with van der Waals surface area (Å²) in [4.78, 5) is 5.23. The zero-order valence-electron chi connectivity index (χ0n) is 11.0. The molecule has 1 heterocycles. The molecule has 1 atom stereocenters. The largest absolute Gasteiger partial charge is 0.457 e. The number of benzene rings is 2. The van der Waals surface area contributed by atoms with Crippen LogP contribution in [0.4, 0.5) is 0 Å². The molecular weight excluding hydrogens is 252 g/mol. The van der Waals surface area contributed by atoms with Crippen molar-refractivity contribution in [1.29, 1.82) is 0 Å². The molecule has 0 fully saturated rings. The monoisotopic (exact) mass is 268 g/mol. The summed E-state index contributed by atoms with van der Waals surface area (Å²) in [6, 6.07) is 17.5. The predicted molar refractivity (Wildman–Crippen MR) is 78.0 cm³/mol. The van der Waals surface area contributed by atoms with Gasteiger partial charge in [-0.3, -0.25) is 0 Å². The lowest BCUT2D eigenvalue weighted by Gasteiger charge is -2.06. The van der Waals surface area contributed by atoms with Gasteiger partial charge in [-0.05, 0) is 42.0 Å². The Morgan fingerprint density at radius 2 is 1.75 bits per heavy atom. The maximum Gasteiger partial charge on any atom is 0.145 e. The molecule has 102 valence electrons. The van der Waals surface area contributed by atoms with Crippen molar-refractivity contribution in [3.8, 4) is 11.5 Å². The molecule has 1 aliphatic heterocycles. The fourth-order valence-corrected chi connectivity index (χ4v) is 2.07. The summed E-state index contributed by atoms with van der Waals surface area (Å²) in [6.07, 6.45) is 0.764. The molecule has 2 aromatic rings. The second-order valence-corrected chi connectivity index (χ2v) is 4.64. The Labute approximate surface area is 117 Å². The van der Waals surface area contributed by atoms with Crippen molar-refractivity contribution in [2.75, 3.05) is 6.54 Å². The van der Waals surface area contributed by atoms with Gasteiger partial charge in [0.15, 0.2) is 0 Å². The molecular formula is C16H16N2O2. The highest BCUT2D eigenvalue weighted by Crippen LogP contribution is 2.23. The molecule has 0 aromatic heterocycles. The number of hydrogen-bond acceptors (Lipinski definition) is 4. The first kappa shape index (κ1) is 12.7. The zero-order chi connectivity index (χ0) is 13.8. The molecule has 20 heavy (non-hydrogen) atoms. The molecule has 0 saturated carbocycles. The van der Waals surface area contributed by atoms with Crippen molar-refractivity contribution in [2.45, 2.75) is 12.5 Å². The first-order chi connectivity index (χ1) is 9.85. The molecule has 3 rings (SSSR count). The standard InChI is InChI=1S/C16H16N2O2/c17-11-15-10-16(18-20-15)12-6-8-14(9-7-12)19-13-4-2-1-3-5-13/h1-9,15H,10-11,17H2. The van der Waals surface area contributed by atoms with Crippen LogP contribution in [0.1, 0.15) is 12.0 Å². The summed E-state index contributed by atoms with van der Waals surface area (Å²) in [7, 11) is 0. The van der Waals surface area contributed by atoms with Gasteiger partial charge in [-0.15, -0.1) is 0 Å². The lowest BCUT2D eigenvalue weighted by atomic mass is 10.1. The van der Waals surface area contributed by atoms with Gasteiger partial charge in [-0.2, -0.15) is 0 Å². The van der Waals surface area contributed by atoms with E-state index in [1.807, 2.05) is 54.6 Å². The average Bonchev–Trinajstić information content (AvgIpc) is 2.98. The van der Waals surface area contributed by atoms with Crippen LogP contribution in [0.5, 0.6) is 11.5 Å². The van der Waals surface area contributed by atoms with Gasteiger partial charge in [0.05, 0.1) is 5.71 Å². The summed E-state index contributed by atoms with van der Waals surface area (Å²) >= 11 is 0. The SMILES string of the molecule is NCC1CC(c2ccc(Oc3ccccc3)cc2)=NO1. The van der Waals surface area contributed by atoms with Crippen molar-refractivity contribution in [1.82, 2.24) is 0 Å². The van der Waals surface area contributed by atoms with Crippen LogP contribution in [0.2, 0.25) is 0 Å². The number of rotatable bonds is 4. The van der Waals surface area contributed by atoms with E-state index in [1.54, 1.807) is 0 Å². The van der Waals surface area contributed by atoms with Gasteiger partial charge in [-0.25, -0.2) is 0 Å². The summed E-state index contributed by atoms with van der Waals surface area (Å²) in [5.74, 6) is 1.62. The number of nitrogens with zero attached hydrogens (tertiary/aromatic N) is 1. The van der Waals surface area contributed by atoms with E-state index in [0.717, 1.165) is 29.2 Å². The van der Waals surface area contributed by atoms with Crippen LogP contribution in [-0.4, -0.2) is 18.4 Å². The van der Waals surface area contributed by atoms with E-state index in [2.05, 4.69) is 5.16 Å². The quantitative estimate of drug-likeness (QED) is 0.927. The van der Waals surface area contributed by atoms with E-state index in [0.29, 0.717) is 6.54 Å². The Morgan fingerprint density at radius 1 is 1.05 bits per heavy atom. The van der Waals surface area contributed by atoms with Crippen molar-refractivity contribution >= 4 is 5.71 Å². The van der Waals surface area contributed by atoms with Crippen LogP contribution in [0.15, 0.2) is 59.8 Å². The Bertz CT molecular complexity index is 594. The summed E-state index contributed by atoms with van der Waals surface area (Å²) < 4.78 is 5.75. The number of oxime groups is 1. The predicted octanol–water partition coefficient (Wildman–Crippen LogP) is 2.93. The van der Waals surface area contributed by atoms with E-state index in [-0.39, 0.29) is 6.10 Å². The molecule has 4 heteroatoms. The topological polar surface area (TPSA) is 56.8 Å². The van der Waals surface area contributed by atoms with E-state index < -0.39 is 0 Å². The van der Waals surface area contributed by atoms with Gasteiger partial charge in [0.25, 0.3) is 0 Å². The Morgan fingerprint density at radius 3 is 2.40 bits per heavy atom. The summed E-state index contributed by atoms with van der Waals surface area (Å²) in [5.41, 5.74) is 7.55. The van der Waals surface area contributed by atoms with Gasteiger partial charge in [0.1, 0.15) is 17.6 Å². The smallest absolute Gasteiger partial charge is 0.145 e. The Kier molecular flexibility index (Phi) is 3.65. The normalized spacial score (nSPS) is 17.4. The minimum absolute atomic E-state index is 0.00486. The van der Waals surface area contributed by atoms with E-state index in [9.17, 15) is 0 Å². The molecule has 0 spiro atoms. The van der Waals surface area contributed by atoms with Gasteiger partial charge in [-0.1, -0.05) is 23.4 Å². The molecule has 0 aliphatic carbocycles. The van der Waals surface area contributed by atoms with Gasteiger partial charge in [0.2, 0.25) is 0 Å². The molecule has 4 nitrogen and oxygen atoms in total. The van der Waals surface area contributed by atoms with Crippen LogP contribution in [0.25, 0.3) is 0 Å². The molecule has 0 saturated heterocycles. The van der Waals surface area contributed by atoms with E-state index in [4.69, 9.17) is 15.3 Å². The van der Waals surface area contributed by atoms with Crippen LogP contribution >= 0.6 is 0 Å². The minimum atomic E-state index is 0.00486. The molecule has 0 amide bonds. The number of nitrogens with two attached hydrogens (primary N) is 1. The minimum Gasteiger partial charge on any atom is -0.457 e. The first-order valence-corrected chi connectivity index (χ1v) is 6.61. The Balaban J connectivity index is 1.69. The second-order valence-electron chi connectivity index (χ2n) is 4.64. The van der Waals surface area contributed by atoms with Crippen molar-refractivity contribution in [3.63, 3.8) is 0 Å². The highest BCUT2D eigenvalue weighted by molar-refractivity contribution is 6.01. The fraction of sp³-hybridized carbons (Fsp3) is 0.188. The van der Waals surface area contributed by atoms with Gasteiger partial charge in [0, 0.05) is 13.0 Å². The molecule has 1 unspecified atom stereocenters. The van der Waals surface area contributed by atoms with Crippen LogP contribution in [0, 0.1) is 0 Å². The highest BCUT2D eigenvalue weighted by atomic mass is 16.6. The maximum atomic E-state index is 5.75.